The predicted octanol–water partition coefficient (Wildman–Crippen LogP) is 3.09. The first-order chi connectivity index (χ1) is 6.77. The topological polar surface area (TPSA) is 12.0 Å². The van der Waals surface area contributed by atoms with Gasteiger partial charge in [-0.1, -0.05) is 12.1 Å². The molecular weight excluding hydrogens is 245 g/mol. The summed E-state index contributed by atoms with van der Waals surface area (Å²) in [5.41, 5.74) is 0.736. The largest absolute Gasteiger partial charge is 0.312 e. The van der Waals surface area contributed by atoms with Crippen LogP contribution in [0.3, 0.4) is 0 Å². The van der Waals surface area contributed by atoms with Crippen molar-refractivity contribution in [2.45, 2.75) is 19.4 Å². The second-order valence-corrected chi connectivity index (χ2v) is 4.64. The van der Waals surface area contributed by atoms with E-state index >= 15 is 0 Å². The molecule has 1 fully saturated rings. The van der Waals surface area contributed by atoms with Crippen molar-refractivity contribution in [2.75, 3.05) is 6.54 Å². The average molecular weight is 258 g/mol. The van der Waals surface area contributed by atoms with E-state index in [0.29, 0.717) is 11.0 Å². The van der Waals surface area contributed by atoms with Crippen LogP contribution in [0.2, 0.25) is 0 Å². The SMILES string of the molecule is Fc1c(Br)cccc1CNCC1CC1. The molecule has 0 radical (unpaired) electrons. The van der Waals surface area contributed by atoms with E-state index in [1.54, 1.807) is 6.07 Å². The zero-order valence-electron chi connectivity index (χ0n) is 7.89. The number of halogens is 2. The Morgan fingerprint density at radius 3 is 2.93 bits per heavy atom. The van der Waals surface area contributed by atoms with Crippen LogP contribution in [0.15, 0.2) is 22.7 Å². The molecule has 0 spiro atoms. The Hall–Kier alpha value is -0.410. The monoisotopic (exact) mass is 257 g/mol. The zero-order chi connectivity index (χ0) is 9.97. The minimum atomic E-state index is -0.143. The van der Waals surface area contributed by atoms with Crippen molar-refractivity contribution in [2.24, 2.45) is 5.92 Å². The van der Waals surface area contributed by atoms with Crippen LogP contribution < -0.4 is 5.32 Å². The molecule has 2 rings (SSSR count). The van der Waals surface area contributed by atoms with Gasteiger partial charge in [0, 0.05) is 12.1 Å². The third-order valence-corrected chi connectivity index (χ3v) is 3.09. The summed E-state index contributed by atoms with van der Waals surface area (Å²) in [5, 5.41) is 3.27. The van der Waals surface area contributed by atoms with E-state index in [1.807, 2.05) is 12.1 Å². The summed E-state index contributed by atoms with van der Waals surface area (Å²) in [4.78, 5) is 0. The van der Waals surface area contributed by atoms with E-state index in [1.165, 1.54) is 12.8 Å². The van der Waals surface area contributed by atoms with Crippen LogP contribution in [-0.2, 0) is 6.54 Å². The van der Waals surface area contributed by atoms with Crippen molar-refractivity contribution in [1.82, 2.24) is 5.32 Å². The van der Waals surface area contributed by atoms with E-state index in [-0.39, 0.29) is 5.82 Å². The summed E-state index contributed by atoms with van der Waals surface area (Å²) in [6.45, 7) is 1.65. The predicted molar refractivity (Wildman–Crippen MR) is 58.5 cm³/mol. The van der Waals surface area contributed by atoms with Crippen molar-refractivity contribution < 1.29 is 4.39 Å². The van der Waals surface area contributed by atoms with Gasteiger partial charge >= 0.3 is 0 Å². The van der Waals surface area contributed by atoms with E-state index < -0.39 is 0 Å². The lowest BCUT2D eigenvalue weighted by molar-refractivity contribution is 0.573. The lowest BCUT2D eigenvalue weighted by Crippen LogP contribution is -2.16. The van der Waals surface area contributed by atoms with E-state index in [4.69, 9.17) is 0 Å². The fourth-order valence-electron chi connectivity index (χ4n) is 1.42. The minimum Gasteiger partial charge on any atom is -0.312 e. The molecule has 76 valence electrons. The van der Waals surface area contributed by atoms with Crippen LogP contribution in [0, 0.1) is 11.7 Å². The normalized spacial score (nSPS) is 15.9. The molecule has 1 aromatic carbocycles. The molecule has 0 saturated heterocycles. The molecular formula is C11H13BrFN. The lowest BCUT2D eigenvalue weighted by atomic mass is 10.2. The summed E-state index contributed by atoms with van der Waals surface area (Å²) < 4.78 is 14.0. The number of hydrogen-bond acceptors (Lipinski definition) is 1. The Morgan fingerprint density at radius 1 is 1.43 bits per heavy atom. The molecule has 0 amide bonds. The van der Waals surface area contributed by atoms with Crippen LogP contribution in [0.4, 0.5) is 4.39 Å². The highest BCUT2D eigenvalue weighted by Crippen LogP contribution is 2.27. The quantitative estimate of drug-likeness (QED) is 0.875. The van der Waals surface area contributed by atoms with Gasteiger partial charge in [0.25, 0.3) is 0 Å². The van der Waals surface area contributed by atoms with Gasteiger partial charge in [0.2, 0.25) is 0 Å². The molecule has 0 atom stereocenters. The second kappa shape index (κ2) is 4.41. The molecule has 14 heavy (non-hydrogen) atoms. The molecule has 1 aliphatic rings. The highest BCUT2D eigenvalue weighted by atomic mass is 79.9. The number of rotatable bonds is 4. The van der Waals surface area contributed by atoms with Crippen molar-refractivity contribution in [3.8, 4) is 0 Å². The van der Waals surface area contributed by atoms with Crippen LogP contribution in [-0.4, -0.2) is 6.54 Å². The first kappa shape index (κ1) is 10.1. The first-order valence-electron chi connectivity index (χ1n) is 4.91. The van der Waals surface area contributed by atoms with E-state index in [9.17, 15) is 4.39 Å². The maximum absolute atomic E-state index is 13.5. The van der Waals surface area contributed by atoms with E-state index in [0.717, 1.165) is 18.0 Å². The molecule has 0 bridgehead atoms. The van der Waals surface area contributed by atoms with Gasteiger partial charge in [-0.25, -0.2) is 4.39 Å². The molecule has 0 aromatic heterocycles. The van der Waals surface area contributed by atoms with Crippen molar-refractivity contribution in [1.29, 1.82) is 0 Å². The van der Waals surface area contributed by atoms with Crippen molar-refractivity contribution >= 4 is 15.9 Å². The van der Waals surface area contributed by atoms with Crippen molar-refractivity contribution in [3.63, 3.8) is 0 Å². The Labute approximate surface area is 91.8 Å². The van der Waals surface area contributed by atoms with E-state index in [2.05, 4.69) is 21.2 Å². The highest BCUT2D eigenvalue weighted by molar-refractivity contribution is 9.10. The standard InChI is InChI=1S/C11H13BrFN/c12-10-3-1-2-9(11(10)13)7-14-6-8-4-5-8/h1-3,8,14H,4-7H2. The third-order valence-electron chi connectivity index (χ3n) is 2.48. The number of hydrogen-bond donors (Lipinski definition) is 1. The smallest absolute Gasteiger partial charge is 0.141 e. The lowest BCUT2D eigenvalue weighted by Gasteiger charge is -2.05. The van der Waals surface area contributed by atoms with Crippen molar-refractivity contribution in [3.05, 3.63) is 34.1 Å². The van der Waals surface area contributed by atoms with Crippen LogP contribution >= 0.6 is 15.9 Å². The van der Waals surface area contributed by atoms with Crippen LogP contribution in [0.1, 0.15) is 18.4 Å². The second-order valence-electron chi connectivity index (χ2n) is 3.79. The molecule has 3 heteroatoms. The summed E-state index contributed by atoms with van der Waals surface area (Å²) in [6.07, 6.45) is 2.65. The van der Waals surface area contributed by atoms with Gasteiger partial charge in [0.05, 0.1) is 4.47 Å². The first-order valence-corrected chi connectivity index (χ1v) is 5.70. The maximum Gasteiger partial charge on any atom is 0.141 e. The Bertz CT molecular complexity index is 323. The molecule has 1 N–H and O–H groups in total. The third kappa shape index (κ3) is 2.55. The molecule has 0 aliphatic heterocycles. The fraction of sp³-hybridized carbons (Fsp3) is 0.455. The molecule has 1 nitrogen and oxygen atoms in total. The Balaban J connectivity index is 1.90. The summed E-state index contributed by atoms with van der Waals surface area (Å²) in [7, 11) is 0. The zero-order valence-corrected chi connectivity index (χ0v) is 9.48. The van der Waals surface area contributed by atoms with Gasteiger partial charge in [-0.05, 0) is 47.3 Å². The van der Waals surface area contributed by atoms with Gasteiger partial charge in [-0.2, -0.15) is 0 Å². The fourth-order valence-corrected chi connectivity index (χ4v) is 1.83. The van der Waals surface area contributed by atoms with Crippen LogP contribution in [0.5, 0.6) is 0 Å². The minimum absolute atomic E-state index is 0.143. The molecule has 0 unspecified atom stereocenters. The molecule has 1 aliphatic carbocycles. The van der Waals surface area contributed by atoms with Gasteiger partial charge in [-0.3, -0.25) is 0 Å². The Kier molecular flexibility index (Phi) is 3.19. The number of nitrogens with one attached hydrogen (secondary N) is 1. The molecule has 0 heterocycles. The number of benzene rings is 1. The molecule has 1 saturated carbocycles. The highest BCUT2D eigenvalue weighted by Gasteiger charge is 2.20. The molecule has 1 aromatic rings. The van der Waals surface area contributed by atoms with Crippen LogP contribution in [0.25, 0.3) is 0 Å². The summed E-state index contributed by atoms with van der Waals surface area (Å²) in [6, 6.07) is 5.40. The van der Waals surface area contributed by atoms with Gasteiger partial charge < -0.3 is 5.32 Å². The Morgan fingerprint density at radius 2 is 2.21 bits per heavy atom. The van der Waals surface area contributed by atoms with Gasteiger partial charge in [-0.15, -0.1) is 0 Å². The average Bonchev–Trinajstić information content (AvgIpc) is 2.96. The summed E-state index contributed by atoms with van der Waals surface area (Å²) in [5.74, 6) is 0.695. The maximum atomic E-state index is 13.5. The van der Waals surface area contributed by atoms with Gasteiger partial charge in [0.15, 0.2) is 0 Å². The van der Waals surface area contributed by atoms with Gasteiger partial charge in [0.1, 0.15) is 5.82 Å². The summed E-state index contributed by atoms with van der Waals surface area (Å²) >= 11 is 3.18.